The Balaban J connectivity index is 1.96. The molecule has 0 aliphatic heterocycles. The summed E-state index contributed by atoms with van der Waals surface area (Å²) in [5, 5.41) is 10.8. The molecule has 0 saturated carbocycles. The molecule has 29 heavy (non-hydrogen) atoms. The topological polar surface area (TPSA) is 85.3 Å². The average Bonchev–Trinajstić information content (AvgIpc) is 2.98. The SMILES string of the molecule is CC(=O)NC(C)C(=O)Nc1nn(Cc2ccccc2)c2cc(OC(C)C)ccc12. The molecular formula is C22H26N4O3. The van der Waals surface area contributed by atoms with Crippen LogP contribution in [0.3, 0.4) is 0 Å². The van der Waals surface area contributed by atoms with Gasteiger partial charge in [-0.1, -0.05) is 30.3 Å². The number of rotatable bonds is 7. The first-order valence-corrected chi connectivity index (χ1v) is 9.62. The third kappa shape index (κ3) is 5.13. The first kappa shape index (κ1) is 20.4. The van der Waals surface area contributed by atoms with Crippen LogP contribution in [-0.4, -0.2) is 33.7 Å². The molecule has 7 nitrogen and oxygen atoms in total. The molecule has 2 aromatic carbocycles. The maximum Gasteiger partial charge on any atom is 0.247 e. The third-order valence-electron chi connectivity index (χ3n) is 4.32. The van der Waals surface area contributed by atoms with Gasteiger partial charge >= 0.3 is 0 Å². The molecular weight excluding hydrogens is 368 g/mol. The largest absolute Gasteiger partial charge is 0.491 e. The highest BCUT2D eigenvalue weighted by Crippen LogP contribution is 2.28. The van der Waals surface area contributed by atoms with Crippen LogP contribution >= 0.6 is 0 Å². The van der Waals surface area contributed by atoms with Crippen LogP contribution in [0.15, 0.2) is 48.5 Å². The molecule has 1 heterocycles. The monoisotopic (exact) mass is 394 g/mol. The second-order valence-corrected chi connectivity index (χ2v) is 7.25. The molecule has 1 unspecified atom stereocenters. The van der Waals surface area contributed by atoms with Crippen molar-refractivity contribution in [2.75, 3.05) is 5.32 Å². The molecule has 3 rings (SSSR count). The summed E-state index contributed by atoms with van der Waals surface area (Å²) in [6.45, 7) is 7.51. The molecule has 0 fully saturated rings. The van der Waals surface area contributed by atoms with Crippen molar-refractivity contribution in [1.82, 2.24) is 15.1 Å². The van der Waals surface area contributed by atoms with E-state index < -0.39 is 6.04 Å². The van der Waals surface area contributed by atoms with Gasteiger partial charge in [0.1, 0.15) is 11.8 Å². The smallest absolute Gasteiger partial charge is 0.247 e. The van der Waals surface area contributed by atoms with Gasteiger partial charge in [0.2, 0.25) is 11.8 Å². The van der Waals surface area contributed by atoms with Crippen LogP contribution in [0, 0.1) is 0 Å². The van der Waals surface area contributed by atoms with Crippen molar-refractivity contribution in [3.8, 4) is 5.75 Å². The number of aromatic nitrogens is 2. The molecule has 1 aromatic heterocycles. The molecule has 7 heteroatoms. The van der Waals surface area contributed by atoms with E-state index in [1.165, 1.54) is 6.92 Å². The van der Waals surface area contributed by atoms with E-state index in [4.69, 9.17) is 4.74 Å². The van der Waals surface area contributed by atoms with Crippen LogP contribution in [0.25, 0.3) is 10.9 Å². The zero-order valence-corrected chi connectivity index (χ0v) is 17.1. The number of nitrogens with one attached hydrogen (secondary N) is 2. The van der Waals surface area contributed by atoms with E-state index in [1.54, 1.807) is 6.92 Å². The Kier molecular flexibility index (Phi) is 6.16. The van der Waals surface area contributed by atoms with Crippen LogP contribution in [0.5, 0.6) is 5.75 Å². The fraction of sp³-hybridized carbons (Fsp3) is 0.318. The van der Waals surface area contributed by atoms with Crippen molar-refractivity contribution < 1.29 is 14.3 Å². The Morgan fingerprint density at radius 1 is 1.10 bits per heavy atom. The summed E-state index contributed by atoms with van der Waals surface area (Å²) < 4.78 is 7.67. The number of benzene rings is 2. The minimum Gasteiger partial charge on any atom is -0.491 e. The molecule has 2 N–H and O–H groups in total. The normalized spacial score (nSPS) is 12.0. The van der Waals surface area contributed by atoms with Crippen LogP contribution in [0.1, 0.15) is 33.3 Å². The van der Waals surface area contributed by atoms with E-state index in [9.17, 15) is 9.59 Å². The lowest BCUT2D eigenvalue weighted by Gasteiger charge is -2.11. The van der Waals surface area contributed by atoms with E-state index in [0.29, 0.717) is 12.4 Å². The van der Waals surface area contributed by atoms with E-state index in [1.807, 2.05) is 67.1 Å². The molecule has 1 atom stereocenters. The third-order valence-corrected chi connectivity index (χ3v) is 4.32. The highest BCUT2D eigenvalue weighted by atomic mass is 16.5. The van der Waals surface area contributed by atoms with Crippen molar-refractivity contribution in [3.63, 3.8) is 0 Å². The average molecular weight is 394 g/mol. The lowest BCUT2D eigenvalue weighted by molar-refractivity contribution is -0.124. The Labute approximate surface area is 170 Å². The predicted molar refractivity (Wildman–Crippen MR) is 113 cm³/mol. The van der Waals surface area contributed by atoms with E-state index in [-0.39, 0.29) is 17.9 Å². The van der Waals surface area contributed by atoms with E-state index in [0.717, 1.165) is 22.2 Å². The van der Waals surface area contributed by atoms with Gasteiger partial charge < -0.3 is 15.4 Å². The summed E-state index contributed by atoms with van der Waals surface area (Å²) in [6.07, 6.45) is 0.0515. The number of amides is 2. The van der Waals surface area contributed by atoms with E-state index >= 15 is 0 Å². The number of nitrogens with zero attached hydrogens (tertiary/aromatic N) is 2. The zero-order chi connectivity index (χ0) is 21.0. The fourth-order valence-electron chi connectivity index (χ4n) is 3.06. The quantitative estimate of drug-likeness (QED) is 0.644. The minimum absolute atomic E-state index is 0.0515. The van der Waals surface area contributed by atoms with Gasteiger partial charge in [-0.2, -0.15) is 5.10 Å². The summed E-state index contributed by atoms with van der Waals surface area (Å²) in [4.78, 5) is 23.7. The van der Waals surface area contributed by atoms with Crippen LogP contribution in [0.2, 0.25) is 0 Å². The number of fused-ring (bicyclic) bond motifs is 1. The Morgan fingerprint density at radius 2 is 1.83 bits per heavy atom. The number of hydrogen-bond donors (Lipinski definition) is 2. The zero-order valence-electron chi connectivity index (χ0n) is 17.1. The number of ether oxygens (including phenoxy) is 1. The van der Waals surface area contributed by atoms with Crippen molar-refractivity contribution >= 4 is 28.5 Å². The van der Waals surface area contributed by atoms with Gasteiger partial charge in [0.15, 0.2) is 5.82 Å². The fourth-order valence-corrected chi connectivity index (χ4v) is 3.06. The Morgan fingerprint density at radius 3 is 2.48 bits per heavy atom. The lowest BCUT2D eigenvalue weighted by atomic mass is 10.2. The Hall–Kier alpha value is -3.35. The van der Waals surface area contributed by atoms with Crippen LogP contribution < -0.4 is 15.4 Å². The van der Waals surface area contributed by atoms with Crippen LogP contribution in [-0.2, 0) is 16.1 Å². The molecule has 0 saturated heterocycles. The van der Waals surface area contributed by atoms with Gasteiger partial charge in [0.05, 0.1) is 18.2 Å². The summed E-state index contributed by atoms with van der Waals surface area (Å²) in [6, 6.07) is 15.0. The molecule has 0 aliphatic carbocycles. The first-order valence-electron chi connectivity index (χ1n) is 9.62. The number of carbonyl (C=O) groups is 2. The summed E-state index contributed by atoms with van der Waals surface area (Å²) in [7, 11) is 0. The Bertz CT molecular complexity index is 1010. The second-order valence-electron chi connectivity index (χ2n) is 7.25. The number of carbonyl (C=O) groups excluding carboxylic acids is 2. The van der Waals surface area contributed by atoms with Gasteiger partial charge in [-0.15, -0.1) is 0 Å². The van der Waals surface area contributed by atoms with E-state index in [2.05, 4.69) is 15.7 Å². The summed E-state index contributed by atoms with van der Waals surface area (Å²) in [5.41, 5.74) is 1.95. The maximum atomic E-state index is 12.5. The summed E-state index contributed by atoms with van der Waals surface area (Å²) in [5.74, 6) is 0.608. The van der Waals surface area contributed by atoms with Gasteiger partial charge in [0.25, 0.3) is 0 Å². The van der Waals surface area contributed by atoms with Crippen molar-refractivity contribution in [1.29, 1.82) is 0 Å². The van der Waals surface area contributed by atoms with Crippen molar-refractivity contribution in [3.05, 3.63) is 54.1 Å². The molecule has 152 valence electrons. The molecule has 0 bridgehead atoms. The number of anilines is 1. The van der Waals surface area contributed by atoms with Gasteiger partial charge in [-0.05, 0) is 38.5 Å². The molecule has 2 amide bonds. The highest BCUT2D eigenvalue weighted by molar-refractivity contribution is 6.02. The maximum absolute atomic E-state index is 12.5. The predicted octanol–water partition coefficient (Wildman–Crippen LogP) is 3.33. The number of hydrogen-bond acceptors (Lipinski definition) is 4. The second kappa shape index (κ2) is 8.77. The van der Waals surface area contributed by atoms with Gasteiger partial charge in [-0.25, -0.2) is 0 Å². The minimum atomic E-state index is -0.662. The molecule has 0 radical (unpaired) electrons. The lowest BCUT2D eigenvalue weighted by Crippen LogP contribution is -2.40. The van der Waals surface area contributed by atoms with Crippen LogP contribution in [0.4, 0.5) is 5.82 Å². The van der Waals surface area contributed by atoms with Crippen molar-refractivity contribution in [2.45, 2.75) is 46.4 Å². The standard InChI is InChI=1S/C22H26N4O3/c1-14(2)29-18-10-11-19-20(12-18)26(13-17-8-6-5-7-9-17)25-21(19)24-22(28)15(3)23-16(4)27/h5-12,14-15H,13H2,1-4H3,(H,23,27)(H,24,25,28). The summed E-state index contributed by atoms with van der Waals surface area (Å²) >= 11 is 0. The van der Waals surface area contributed by atoms with Gasteiger partial charge in [-0.3, -0.25) is 14.3 Å². The molecule has 3 aromatic rings. The molecule has 0 spiro atoms. The van der Waals surface area contributed by atoms with Gasteiger partial charge in [0, 0.05) is 18.4 Å². The first-order chi connectivity index (χ1) is 13.8. The molecule has 0 aliphatic rings. The van der Waals surface area contributed by atoms with Crippen molar-refractivity contribution in [2.24, 2.45) is 0 Å². The highest BCUT2D eigenvalue weighted by Gasteiger charge is 2.19.